The molecule has 2 unspecified atom stereocenters. The molecule has 1 fully saturated rings. The lowest BCUT2D eigenvalue weighted by Gasteiger charge is -2.35. The zero-order valence-corrected chi connectivity index (χ0v) is 13.9. The number of carboxylic acid groups (broad SMARTS) is 1. The van der Waals surface area contributed by atoms with Gasteiger partial charge in [-0.25, -0.2) is 0 Å². The fraction of sp³-hybridized carbons (Fsp3) is 0.389. The third-order valence-corrected chi connectivity index (χ3v) is 5.32. The maximum absolute atomic E-state index is 12.7. The molecular weight excluding hydrogens is 322 g/mol. The Bertz CT molecular complexity index is 846. The van der Waals surface area contributed by atoms with E-state index in [0.717, 1.165) is 11.3 Å². The van der Waals surface area contributed by atoms with E-state index >= 15 is 0 Å². The largest absolute Gasteiger partial charge is 0.492 e. The van der Waals surface area contributed by atoms with Crippen molar-refractivity contribution in [2.75, 3.05) is 19.7 Å². The Morgan fingerprint density at radius 3 is 2.88 bits per heavy atom. The number of carbonyl (C=O) groups is 2. The van der Waals surface area contributed by atoms with Gasteiger partial charge in [0.1, 0.15) is 24.3 Å². The molecule has 3 heterocycles. The number of carboxylic acids is 1. The molecule has 0 saturated carbocycles. The minimum atomic E-state index is -1.09. The molecule has 2 aromatic rings. The Kier molecular flexibility index (Phi) is 3.52. The van der Waals surface area contributed by atoms with Gasteiger partial charge in [0.2, 0.25) is 5.91 Å². The van der Waals surface area contributed by atoms with Gasteiger partial charge >= 0.3 is 5.97 Å². The van der Waals surface area contributed by atoms with Crippen molar-refractivity contribution in [3.8, 4) is 5.75 Å². The molecule has 0 radical (unpaired) electrons. The molecule has 0 spiro atoms. The maximum Gasteiger partial charge on any atom is 0.315 e. The summed E-state index contributed by atoms with van der Waals surface area (Å²) in [4.78, 5) is 26.4. The smallest absolute Gasteiger partial charge is 0.315 e. The summed E-state index contributed by atoms with van der Waals surface area (Å²) in [5.74, 6) is -0.601. The van der Waals surface area contributed by atoms with E-state index in [-0.39, 0.29) is 31.5 Å². The molecule has 1 aromatic heterocycles. The second kappa shape index (κ2) is 5.61. The summed E-state index contributed by atoms with van der Waals surface area (Å²) in [5, 5.41) is 14.0. The summed E-state index contributed by atoms with van der Waals surface area (Å²) in [6.07, 6.45) is 1.65. The SMILES string of the molecule is Cc1ccnn1CC(=O)N1CC2c3ccccc3OCC2(C(=O)O)C1. The fourth-order valence-corrected chi connectivity index (χ4v) is 3.82. The van der Waals surface area contributed by atoms with E-state index in [4.69, 9.17) is 4.74 Å². The number of ether oxygens (including phenoxy) is 1. The number of nitrogens with zero attached hydrogens (tertiary/aromatic N) is 3. The summed E-state index contributed by atoms with van der Waals surface area (Å²) in [6.45, 7) is 2.61. The first-order valence-electron chi connectivity index (χ1n) is 8.22. The first kappa shape index (κ1) is 15.7. The number of benzene rings is 1. The van der Waals surface area contributed by atoms with E-state index in [2.05, 4.69) is 5.10 Å². The van der Waals surface area contributed by atoms with Crippen LogP contribution in [0.5, 0.6) is 5.75 Å². The van der Waals surface area contributed by atoms with Crippen LogP contribution in [-0.4, -0.2) is 51.4 Å². The van der Waals surface area contributed by atoms with Crippen molar-refractivity contribution < 1.29 is 19.4 Å². The van der Waals surface area contributed by atoms with Crippen molar-refractivity contribution in [3.63, 3.8) is 0 Å². The minimum absolute atomic E-state index is 0.0780. The van der Waals surface area contributed by atoms with Gasteiger partial charge in [0, 0.05) is 36.5 Å². The number of amides is 1. The van der Waals surface area contributed by atoms with E-state index in [0.29, 0.717) is 12.3 Å². The van der Waals surface area contributed by atoms with Gasteiger partial charge in [-0.05, 0) is 19.1 Å². The molecule has 7 nitrogen and oxygen atoms in total. The summed E-state index contributed by atoms with van der Waals surface area (Å²) >= 11 is 0. The third-order valence-electron chi connectivity index (χ3n) is 5.32. The number of para-hydroxylation sites is 1. The van der Waals surface area contributed by atoms with Crippen LogP contribution in [0.2, 0.25) is 0 Å². The number of aryl methyl sites for hydroxylation is 1. The lowest BCUT2D eigenvalue weighted by atomic mass is 9.73. The van der Waals surface area contributed by atoms with Gasteiger partial charge in [0.25, 0.3) is 0 Å². The number of aliphatic carboxylic acids is 1. The van der Waals surface area contributed by atoms with Crippen LogP contribution in [0.4, 0.5) is 0 Å². The van der Waals surface area contributed by atoms with Gasteiger partial charge < -0.3 is 14.7 Å². The Hall–Kier alpha value is -2.83. The van der Waals surface area contributed by atoms with Gasteiger partial charge in [-0.1, -0.05) is 18.2 Å². The van der Waals surface area contributed by atoms with Crippen LogP contribution in [0, 0.1) is 12.3 Å². The van der Waals surface area contributed by atoms with Gasteiger partial charge in [0.15, 0.2) is 0 Å². The molecule has 1 saturated heterocycles. The zero-order chi connectivity index (χ0) is 17.6. The van der Waals surface area contributed by atoms with Crippen molar-refractivity contribution in [3.05, 3.63) is 47.8 Å². The van der Waals surface area contributed by atoms with E-state index < -0.39 is 11.4 Å². The second-order valence-electron chi connectivity index (χ2n) is 6.74. The normalized spacial score (nSPS) is 24.4. The van der Waals surface area contributed by atoms with Gasteiger partial charge in [-0.15, -0.1) is 0 Å². The van der Waals surface area contributed by atoms with Gasteiger partial charge in [0.05, 0.1) is 0 Å². The number of rotatable bonds is 3. The molecule has 0 aliphatic carbocycles. The van der Waals surface area contributed by atoms with Crippen LogP contribution in [-0.2, 0) is 16.1 Å². The molecule has 130 valence electrons. The summed E-state index contributed by atoms with van der Waals surface area (Å²) in [6, 6.07) is 9.31. The van der Waals surface area contributed by atoms with Crippen LogP contribution < -0.4 is 4.74 Å². The first-order valence-corrected chi connectivity index (χ1v) is 8.22. The molecule has 2 aliphatic rings. The number of likely N-dealkylation sites (tertiary alicyclic amines) is 1. The Morgan fingerprint density at radius 1 is 1.36 bits per heavy atom. The maximum atomic E-state index is 12.7. The molecular formula is C18H19N3O4. The number of hydrogen-bond acceptors (Lipinski definition) is 4. The molecule has 2 atom stereocenters. The lowest BCUT2D eigenvalue weighted by molar-refractivity contribution is -0.152. The highest BCUT2D eigenvalue weighted by Gasteiger charge is 2.57. The lowest BCUT2D eigenvalue weighted by Crippen LogP contribution is -2.46. The van der Waals surface area contributed by atoms with Crippen LogP contribution in [0.1, 0.15) is 17.2 Å². The van der Waals surface area contributed by atoms with Crippen molar-refractivity contribution in [1.29, 1.82) is 0 Å². The average Bonchev–Trinajstić information content (AvgIpc) is 3.19. The topological polar surface area (TPSA) is 84.7 Å². The number of carbonyl (C=O) groups excluding carboxylic acids is 1. The summed E-state index contributed by atoms with van der Waals surface area (Å²) in [7, 11) is 0. The van der Waals surface area contributed by atoms with Crippen LogP contribution in [0.3, 0.4) is 0 Å². The highest BCUT2D eigenvalue weighted by atomic mass is 16.5. The van der Waals surface area contributed by atoms with E-state index in [9.17, 15) is 14.7 Å². The summed E-state index contributed by atoms with van der Waals surface area (Å²) in [5.41, 5.74) is 0.664. The van der Waals surface area contributed by atoms with Crippen LogP contribution >= 0.6 is 0 Å². The van der Waals surface area contributed by atoms with Crippen LogP contribution in [0.25, 0.3) is 0 Å². The van der Waals surface area contributed by atoms with Crippen molar-refractivity contribution in [2.24, 2.45) is 5.41 Å². The van der Waals surface area contributed by atoms with Gasteiger partial charge in [-0.3, -0.25) is 14.3 Å². The molecule has 1 N–H and O–H groups in total. The predicted octanol–water partition coefficient (Wildman–Crippen LogP) is 1.28. The second-order valence-corrected chi connectivity index (χ2v) is 6.74. The summed E-state index contributed by atoms with van der Waals surface area (Å²) < 4.78 is 7.35. The Balaban J connectivity index is 1.63. The standard InChI is InChI=1S/C18H19N3O4/c1-12-6-7-19-21(12)9-16(22)20-8-14-13-4-2-3-5-15(13)25-11-18(14,10-20)17(23)24/h2-7,14H,8-11H2,1H3,(H,23,24). The Morgan fingerprint density at radius 2 is 2.16 bits per heavy atom. The van der Waals surface area contributed by atoms with Crippen LogP contribution in [0.15, 0.2) is 36.5 Å². The highest BCUT2D eigenvalue weighted by molar-refractivity contribution is 5.82. The Labute approximate surface area is 144 Å². The quantitative estimate of drug-likeness (QED) is 0.909. The van der Waals surface area contributed by atoms with E-state index in [1.807, 2.05) is 37.3 Å². The fourth-order valence-electron chi connectivity index (χ4n) is 3.82. The molecule has 1 amide bonds. The molecule has 25 heavy (non-hydrogen) atoms. The predicted molar refractivity (Wildman–Crippen MR) is 88.3 cm³/mol. The molecule has 7 heteroatoms. The van der Waals surface area contributed by atoms with Crippen molar-refractivity contribution in [1.82, 2.24) is 14.7 Å². The molecule has 0 bridgehead atoms. The number of aromatic nitrogens is 2. The van der Waals surface area contributed by atoms with Crippen molar-refractivity contribution >= 4 is 11.9 Å². The van der Waals surface area contributed by atoms with E-state index in [1.54, 1.807) is 15.8 Å². The van der Waals surface area contributed by atoms with Crippen molar-refractivity contribution in [2.45, 2.75) is 19.4 Å². The zero-order valence-electron chi connectivity index (χ0n) is 13.9. The third kappa shape index (κ3) is 2.38. The average molecular weight is 341 g/mol. The highest BCUT2D eigenvalue weighted by Crippen LogP contribution is 2.49. The number of hydrogen-bond donors (Lipinski definition) is 1. The van der Waals surface area contributed by atoms with Gasteiger partial charge in [-0.2, -0.15) is 5.10 Å². The number of fused-ring (bicyclic) bond motifs is 3. The first-order chi connectivity index (χ1) is 12.0. The van der Waals surface area contributed by atoms with E-state index in [1.165, 1.54) is 0 Å². The minimum Gasteiger partial charge on any atom is -0.492 e. The monoisotopic (exact) mass is 341 g/mol. The molecule has 1 aromatic carbocycles. The molecule has 4 rings (SSSR count). The molecule has 2 aliphatic heterocycles.